The lowest BCUT2D eigenvalue weighted by atomic mass is 10.1. The van der Waals surface area contributed by atoms with Gasteiger partial charge in [0.25, 0.3) is 0 Å². The smallest absolute Gasteiger partial charge is 0.233 e. The number of benzene rings is 1. The second kappa shape index (κ2) is 7.98. The van der Waals surface area contributed by atoms with E-state index in [1.54, 1.807) is 11.9 Å². The summed E-state index contributed by atoms with van der Waals surface area (Å²) in [5, 5.41) is 9.93. The van der Waals surface area contributed by atoms with Crippen LogP contribution in [0.2, 0.25) is 0 Å². The van der Waals surface area contributed by atoms with Gasteiger partial charge in [-0.2, -0.15) is 5.26 Å². The Hall–Kier alpha value is -2.32. The van der Waals surface area contributed by atoms with E-state index in [2.05, 4.69) is 11.1 Å². The number of thioether (sulfide) groups is 1. The number of pyridine rings is 1. The Labute approximate surface area is 147 Å². The minimum atomic E-state index is 0.00180. The second-order valence-electron chi connectivity index (χ2n) is 5.75. The van der Waals surface area contributed by atoms with E-state index in [0.717, 1.165) is 16.8 Å². The molecule has 2 rings (SSSR count). The van der Waals surface area contributed by atoms with E-state index in [9.17, 15) is 10.1 Å². The Kier molecular flexibility index (Phi) is 5.99. The number of carbonyl (C=O) groups excluding carboxylic acids is 1. The molecule has 0 saturated heterocycles. The number of amides is 1. The maximum atomic E-state index is 12.5. The average molecular weight is 339 g/mol. The maximum Gasteiger partial charge on any atom is 0.233 e. The first kappa shape index (κ1) is 18.0. The molecule has 124 valence electrons. The molecule has 0 radical (unpaired) electrons. The van der Waals surface area contributed by atoms with Gasteiger partial charge in [-0.25, -0.2) is 4.98 Å². The molecule has 1 aromatic carbocycles. The number of nitriles is 1. The number of carbonyl (C=O) groups is 1. The topological polar surface area (TPSA) is 57.0 Å². The van der Waals surface area contributed by atoms with Crippen LogP contribution in [0, 0.1) is 25.2 Å². The van der Waals surface area contributed by atoms with Gasteiger partial charge < -0.3 is 4.90 Å². The summed E-state index contributed by atoms with van der Waals surface area (Å²) in [6.07, 6.45) is 0. The largest absolute Gasteiger partial charge is 0.338 e. The summed E-state index contributed by atoms with van der Waals surface area (Å²) in [6.45, 7) is 5.79. The summed E-state index contributed by atoms with van der Waals surface area (Å²) in [5.74, 6) is 0.277. The molecule has 1 atom stereocenters. The van der Waals surface area contributed by atoms with Gasteiger partial charge in [0.05, 0.1) is 17.4 Å². The lowest BCUT2D eigenvalue weighted by Gasteiger charge is -2.25. The van der Waals surface area contributed by atoms with Crippen LogP contribution in [0.5, 0.6) is 0 Å². The van der Waals surface area contributed by atoms with E-state index in [1.165, 1.54) is 11.8 Å². The third kappa shape index (κ3) is 4.15. The van der Waals surface area contributed by atoms with Crippen LogP contribution in [-0.2, 0) is 4.79 Å². The van der Waals surface area contributed by atoms with E-state index in [-0.39, 0.29) is 17.7 Å². The molecular formula is C19H21N3OS. The van der Waals surface area contributed by atoms with Crippen LogP contribution in [0.1, 0.15) is 35.3 Å². The Morgan fingerprint density at radius 3 is 2.62 bits per heavy atom. The molecule has 4 nitrogen and oxygen atoms in total. The molecule has 2 aromatic rings. The molecule has 5 heteroatoms. The summed E-state index contributed by atoms with van der Waals surface area (Å²) < 4.78 is 0. The Morgan fingerprint density at radius 1 is 1.33 bits per heavy atom. The van der Waals surface area contributed by atoms with Crippen molar-refractivity contribution in [3.63, 3.8) is 0 Å². The lowest BCUT2D eigenvalue weighted by Crippen LogP contribution is -2.31. The first-order chi connectivity index (χ1) is 11.4. The highest BCUT2D eigenvalue weighted by atomic mass is 32.2. The molecule has 0 fully saturated rings. The monoisotopic (exact) mass is 339 g/mol. The Bertz CT molecular complexity index is 768. The van der Waals surface area contributed by atoms with Gasteiger partial charge in [0, 0.05) is 12.7 Å². The minimum absolute atomic E-state index is 0.00180. The van der Waals surface area contributed by atoms with Crippen LogP contribution in [0.3, 0.4) is 0 Å². The zero-order valence-electron chi connectivity index (χ0n) is 14.4. The third-order valence-corrected chi connectivity index (χ3v) is 4.97. The van der Waals surface area contributed by atoms with E-state index in [4.69, 9.17) is 0 Å². The number of rotatable bonds is 5. The van der Waals surface area contributed by atoms with E-state index in [1.807, 2.05) is 57.2 Å². The predicted molar refractivity (Wildman–Crippen MR) is 96.8 cm³/mol. The van der Waals surface area contributed by atoms with Gasteiger partial charge in [-0.15, -0.1) is 0 Å². The summed E-state index contributed by atoms with van der Waals surface area (Å²) in [4.78, 5) is 18.6. The molecule has 0 bridgehead atoms. The van der Waals surface area contributed by atoms with E-state index < -0.39 is 0 Å². The highest BCUT2D eigenvalue weighted by Crippen LogP contribution is 2.25. The highest BCUT2D eigenvalue weighted by molar-refractivity contribution is 8.00. The zero-order chi connectivity index (χ0) is 17.7. The summed E-state index contributed by atoms with van der Waals surface area (Å²) in [6, 6.07) is 14.0. The van der Waals surface area contributed by atoms with Gasteiger partial charge in [-0.05, 0) is 38.0 Å². The molecule has 1 heterocycles. The van der Waals surface area contributed by atoms with Gasteiger partial charge in [-0.1, -0.05) is 42.1 Å². The van der Waals surface area contributed by atoms with Gasteiger partial charge in [-0.3, -0.25) is 4.79 Å². The second-order valence-corrected chi connectivity index (χ2v) is 6.72. The molecular weight excluding hydrogens is 318 g/mol. The van der Waals surface area contributed by atoms with Crippen molar-refractivity contribution in [2.45, 2.75) is 31.8 Å². The number of hydrogen-bond acceptors (Lipinski definition) is 4. The van der Waals surface area contributed by atoms with Gasteiger partial charge in [0.1, 0.15) is 11.1 Å². The van der Waals surface area contributed by atoms with Crippen molar-refractivity contribution in [1.29, 1.82) is 5.26 Å². The molecule has 0 aliphatic rings. The van der Waals surface area contributed by atoms with Crippen LogP contribution in [0.4, 0.5) is 0 Å². The first-order valence-corrected chi connectivity index (χ1v) is 8.74. The van der Waals surface area contributed by atoms with E-state index in [0.29, 0.717) is 10.6 Å². The number of nitrogens with zero attached hydrogens (tertiary/aromatic N) is 3. The molecule has 0 unspecified atom stereocenters. The molecule has 0 aliphatic heterocycles. The van der Waals surface area contributed by atoms with Gasteiger partial charge in [0.2, 0.25) is 5.91 Å². The summed E-state index contributed by atoms with van der Waals surface area (Å²) in [7, 11) is 1.81. The standard InChI is InChI=1S/C19H21N3OS/c1-13-10-14(2)21-19(17(13)11-20)24-12-18(23)22(4)15(3)16-8-6-5-7-9-16/h5-10,15H,12H2,1-4H3/t15-/m1/s1. The number of hydrogen-bond donors (Lipinski definition) is 0. The first-order valence-electron chi connectivity index (χ1n) is 7.75. The normalized spacial score (nSPS) is 11.6. The van der Waals surface area contributed by atoms with Crippen LogP contribution < -0.4 is 0 Å². The fourth-order valence-electron chi connectivity index (χ4n) is 2.45. The van der Waals surface area contributed by atoms with Crippen LogP contribution >= 0.6 is 11.8 Å². The van der Waals surface area contributed by atoms with Crippen LogP contribution in [0.25, 0.3) is 0 Å². The van der Waals surface area contributed by atoms with Crippen molar-refractivity contribution in [2.75, 3.05) is 12.8 Å². The van der Waals surface area contributed by atoms with Crippen molar-refractivity contribution < 1.29 is 4.79 Å². The van der Waals surface area contributed by atoms with Crippen LogP contribution in [0.15, 0.2) is 41.4 Å². The minimum Gasteiger partial charge on any atom is -0.338 e. The maximum absolute atomic E-state index is 12.5. The Morgan fingerprint density at radius 2 is 2.00 bits per heavy atom. The molecule has 0 N–H and O–H groups in total. The highest BCUT2D eigenvalue weighted by Gasteiger charge is 2.18. The SMILES string of the molecule is Cc1cc(C)c(C#N)c(SCC(=O)N(C)[C@H](C)c2ccccc2)n1. The summed E-state index contributed by atoms with van der Waals surface area (Å²) >= 11 is 1.32. The van der Waals surface area contributed by atoms with Crippen molar-refractivity contribution in [2.24, 2.45) is 0 Å². The average Bonchev–Trinajstić information content (AvgIpc) is 2.58. The molecule has 24 heavy (non-hydrogen) atoms. The Balaban J connectivity index is 2.07. The van der Waals surface area contributed by atoms with Crippen molar-refractivity contribution in [3.05, 3.63) is 58.8 Å². The predicted octanol–water partition coefficient (Wildman–Crippen LogP) is 3.88. The van der Waals surface area contributed by atoms with Crippen molar-refractivity contribution in [1.82, 2.24) is 9.88 Å². The molecule has 1 aromatic heterocycles. The lowest BCUT2D eigenvalue weighted by molar-refractivity contribution is -0.128. The van der Waals surface area contributed by atoms with Crippen LogP contribution in [-0.4, -0.2) is 28.6 Å². The van der Waals surface area contributed by atoms with Crippen molar-refractivity contribution in [3.8, 4) is 6.07 Å². The van der Waals surface area contributed by atoms with Gasteiger partial charge in [0.15, 0.2) is 0 Å². The molecule has 0 spiro atoms. The number of aromatic nitrogens is 1. The molecule has 0 saturated carbocycles. The fourth-order valence-corrected chi connectivity index (χ4v) is 3.47. The summed E-state index contributed by atoms with van der Waals surface area (Å²) in [5.41, 5.74) is 3.40. The zero-order valence-corrected chi connectivity index (χ0v) is 15.2. The molecule has 0 aliphatic carbocycles. The van der Waals surface area contributed by atoms with E-state index >= 15 is 0 Å². The quantitative estimate of drug-likeness (QED) is 0.776. The fraction of sp³-hybridized carbons (Fsp3) is 0.316. The number of aryl methyl sites for hydroxylation is 2. The third-order valence-electron chi connectivity index (χ3n) is 4.01. The molecule has 1 amide bonds. The van der Waals surface area contributed by atoms with Gasteiger partial charge >= 0.3 is 0 Å². The van der Waals surface area contributed by atoms with Crippen molar-refractivity contribution >= 4 is 17.7 Å².